The summed E-state index contributed by atoms with van der Waals surface area (Å²) < 4.78 is 0. The molecule has 19 heavy (non-hydrogen) atoms. The van der Waals surface area contributed by atoms with E-state index in [0.717, 1.165) is 32.6 Å². The van der Waals surface area contributed by atoms with Crippen LogP contribution >= 0.6 is 0 Å². The molecule has 1 rings (SSSR count). The molecule has 1 aromatic rings. The molecule has 0 atom stereocenters. The standard InChI is InChI=1S/C9H24N4O.C2H3N3/c1-12(2)13(7-3-9-14)8-6-11-5-4-10;1-2-4-5-3-1/h11,14H,3-10H2,1-2H3;1-2H,(H,3,4,5). The van der Waals surface area contributed by atoms with Crippen LogP contribution in [0.4, 0.5) is 0 Å². The summed E-state index contributed by atoms with van der Waals surface area (Å²) in [6, 6.07) is 0. The molecule has 0 fully saturated rings. The quantitative estimate of drug-likeness (QED) is 0.320. The zero-order valence-electron chi connectivity index (χ0n) is 11.9. The highest BCUT2D eigenvalue weighted by molar-refractivity contribution is 4.56. The van der Waals surface area contributed by atoms with Gasteiger partial charge in [0, 0.05) is 53.4 Å². The van der Waals surface area contributed by atoms with E-state index in [2.05, 4.69) is 30.7 Å². The first-order chi connectivity index (χ1) is 9.22. The topological polar surface area (TPSA) is 106 Å². The van der Waals surface area contributed by atoms with Crippen molar-refractivity contribution in [3.63, 3.8) is 0 Å². The number of nitrogens with two attached hydrogens (primary N) is 1. The van der Waals surface area contributed by atoms with Gasteiger partial charge in [0.2, 0.25) is 0 Å². The van der Waals surface area contributed by atoms with Crippen LogP contribution in [0.5, 0.6) is 0 Å². The molecule has 0 spiro atoms. The molecule has 8 nitrogen and oxygen atoms in total. The number of nitrogens with zero attached hydrogens (tertiary/aromatic N) is 4. The molecule has 0 bridgehead atoms. The van der Waals surface area contributed by atoms with Crippen LogP contribution in [0.2, 0.25) is 0 Å². The molecule has 0 aliphatic heterocycles. The lowest BCUT2D eigenvalue weighted by Crippen LogP contribution is -2.42. The summed E-state index contributed by atoms with van der Waals surface area (Å²) in [7, 11) is 4.03. The SMILES string of the molecule is CN(C)N(CCCO)CCNCCN.c1cn[nH]n1. The summed E-state index contributed by atoms with van der Waals surface area (Å²) in [6.07, 6.45) is 3.98. The fourth-order valence-electron chi connectivity index (χ4n) is 1.37. The molecular formula is C11H27N7O. The molecule has 0 amide bonds. The normalized spacial score (nSPS) is 10.6. The van der Waals surface area contributed by atoms with E-state index < -0.39 is 0 Å². The Morgan fingerprint density at radius 2 is 1.89 bits per heavy atom. The number of hydrazine groups is 1. The first-order valence-electron chi connectivity index (χ1n) is 6.46. The molecular weight excluding hydrogens is 246 g/mol. The van der Waals surface area contributed by atoms with Crippen molar-refractivity contribution in [2.24, 2.45) is 5.73 Å². The molecule has 1 heterocycles. The Bertz CT molecular complexity index is 238. The number of rotatable bonds is 9. The second kappa shape index (κ2) is 13.4. The van der Waals surface area contributed by atoms with Gasteiger partial charge in [-0.1, -0.05) is 0 Å². The van der Waals surface area contributed by atoms with Gasteiger partial charge in [0.05, 0.1) is 12.4 Å². The smallest absolute Gasteiger partial charge is 0.0690 e. The number of aliphatic hydroxyl groups excluding tert-OH is 1. The molecule has 0 saturated heterocycles. The average molecular weight is 273 g/mol. The van der Waals surface area contributed by atoms with Crippen molar-refractivity contribution in [2.45, 2.75) is 6.42 Å². The van der Waals surface area contributed by atoms with Crippen LogP contribution in [-0.2, 0) is 0 Å². The fraction of sp³-hybridized carbons (Fsp3) is 0.818. The van der Waals surface area contributed by atoms with Gasteiger partial charge >= 0.3 is 0 Å². The van der Waals surface area contributed by atoms with Gasteiger partial charge in [0.25, 0.3) is 0 Å². The number of hydrogen-bond acceptors (Lipinski definition) is 7. The lowest BCUT2D eigenvalue weighted by molar-refractivity contribution is 0.0210. The van der Waals surface area contributed by atoms with E-state index in [1.165, 1.54) is 0 Å². The Labute approximate surface area is 114 Å². The summed E-state index contributed by atoms with van der Waals surface area (Å²) in [4.78, 5) is 0. The Morgan fingerprint density at radius 1 is 1.21 bits per heavy atom. The van der Waals surface area contributed by atoms with Gasteiger partial charge in [-0.25, -0.2) is 10.0 Å². The van der Waals surface area contributed by atoms with Crippen molar-refractivity contribution in [3.05, 3.63) is 12.4 Å². The highest BCUT2D eigenvalue weighted by Gasteiger charge is 2.05. The third-order valence-corrected chi connectivity index (χ3v) is 2.34. The van der Waals surface area contributed by atoms with Crippen LogP contribution in [-0.4, -0.2) is 84.0 Å². The third kappa shape index (κ3) is 11.7. The summed E-state index contributed by atoms with van der Waals surface area (Å²) in [5.74, 6) is 0. The average Bonchev–Trinajstić information content (AvgIpc) is 2.96. The third-order valence-electron chi connectivity index (χ3n) is 2.34. The van der Waals surface area contributed by atoms with E-state index in [9.17, 15) is 0 Å². The van der Waals surface area contributed by atoms with Gasteiger partial charge < -0.3 is 16.2 Å². The van der Waals surface area contributed by atoms with Crippen LogP contribution in [0.3, 0.4) is 0 Å². The van der Waals surface area contributed by atoms with Gasteiger partial charge in [0.1, 0.15) is 0 Å². The van der Waals surface area contributed by atoms with Gasteiger partial charge in [-0.05, 0) is 6.42 Å². The summed E-state index contributed by atoms with van der Waals surface area (Å²) in [5, 5.41) is 25.6. The lowest BCUT2D eigenvalue weighted by atomic mass is 10.4. The molecule has 0 radical (unpaired) electrons. The summed E-state index contributed by atoms with van der Waals surface area (Å²) in [6.45, 7) is 4.57. The van der Waals surface area contributed by atoms with E-state index >= 15 is 0 Å². The first-order valence-corrected chi connectivity index (χ1v) is 6.46. The zero-order chi connectivity index (χ0) is 14.3. The molecule has 112 valence electrons. The molecule has 5 N–H and O–H groups in total. The first kappa shape index (κ1) is 17.9. The van der Waals surface area contributed by atoms with Gasteiger partial charge in [-0.15, -0.1) is 0 Å². The van der Waals surface area contributed by atoms with Crippen LogP contribution in [0.15, 0.2) is 12.4 Å². The molecule has 0 aliphatic carbocycles. The Balaban J connectivity index is 0.000000532. The summed E-state index contributed by atoms with van der Waals surface area (Å²) >= 11 is 0. The van der Waals surface area contributed by atoms with Crippen molar-refractivity contribution >= 4 is 0 Å². The largest absolute Gasteiger partial charge is 0.396 e. The maximum atomic E-state index is 8.73. The Kier molecular flexibility index (Phi) is 12.6. The van der Waals surface area contributed by atoms with Gasteiger partial charge in [-0.2, -0.15) is 15.4 Å². The van der Waals surface area contributed by atoms with E-state index in [1.807, 2.05) is 14.1 Å². The molecule has 1 aromatic heterocycles. The number of hydrogen-bond donors (Lipinski definition) is 4. The molecule has 0 saturated carbocycles. The zero-order valence-corrected chi connectivity index (χ0v) is 11.9. The Hall–Kier alpha value is -1.06. The van der Waals surface area contributed by atoms with Crippen molar-refractivity contribution < 1.29 is 5.11 Å². The number of aromatic nitrogens is 3. The maximum Gasteiger partial charge on any atom is 0.0690 e. The molecule has 0 unspecified atom stereocenters. The highest BCUT2D eigenvalue weighted by atomic mass is 16.3. The monoisotopic (exact) mass is 273 g/mol. The molecule has 0 aromatic carbocycles. The highest BCUT2D eigenvalue weighted by Crippen LogP contribution is 1.92. The van der Waals surface area contributed by atoms with Gasteiger partial charge in [0.15, 0.2) is 0 Å². The predicted octanol–water partition coefficient (Wildman–Crippen LogP) is -1.50. The second-order valence-corrected chi connectivity index (χ2v) is 4.07. The van der Waals surface area contributed by atoms with Crippen molar-refractivity contribution in [1.29, 1.82) is 0 Å². The summed E-state index contributed by atoms with van der Waals surface area (Å²) in [5.41, 5.74) is 5.37. The lowest BCUT2D eigenvalue weighted by Gasteiger charge is -2.28. The van der Waals surface area contributed by atoms with E-state index in [4.69, 9.17) is 10.8 Å². The Morgan fingerprint density at radius 3 is 2.32 bits per heavy atom. The number of aliphatic hydroxyl groups is 1. The maximum absolute atomic E-state index is 8.73. The van der Waals surface area contributed by atoms with E-state index in [-0.39, 0.29) is 6.61 Å². The number of nitrogens with one attached hydrogen (secondary N) is 2. The number of aromatic amines is 1. The molecule has 0 aliphatic rings. The van der Waals surface area contributed by atoms with Crippen molar-refractivity contribution in [2.75, 3.05) is 53.4 Å². The fourth-order valence-corrected chi connectivity index (χ4v) is 1.37. The second-order valence-electron chi connectivity index (χ2n) is 4.07. The van der Waals surface area contributed by atoms with Crippen LogP contribution in [0, 0.1) is 0 Å². The minimum atomic E-state index is 0.251. The minimum Gasteiger partial charge on any atom is -0.396 e. The minimum absolute atomic E-state index is 0.251. The number of H-pyrrole nitrogens is 1. The van der Waals surface area contributed by atoms with Crippen molar-refractivity contribution in [3.8, 4) is 0 Å². The van der Waals surface area contributed by atoms with Crippen LogP contribution < -0.4 is 11.1 Å². The van der Waals surface area contributed by atoms with Crippen LogP contribution in [0.25, 0.3) is 0 Å². The van der Waals surface area contributed by atoms with E-state index in [1.54, 1.807) is 12.4 Å². The predicted molar refractivity (Wildman–Crippen MR) is 75.3 cm³/mol. The van der Waals surface area contributed by atoms with Crippen LogP contribution in [0.1, 0.15) is 6.42 Å². The van der Waals surface area contributed by atoms with Gasteiger partial charge in [-0.3, -0.25) is 0 Å². The van der Waals surface area contributed by atoms with E-state index in [0.29, 0.717) is 6.54 Å². The van der Waals surface area contributed by atoms with Crippen molar-refractivity contribution in [1.82, 2.24) is 30.7 Å². The molecule has 8 heteroatoms.